The summed E-state index contributed by atoms with van der Waals surface area (Å²) < 4.78 is 53.5. The number of halogens is 3. The second-order valence-corrected chi connectivity index (χ2v) is 18.1. The lowest BCUT2D eigenvalue weighted by atomic mass is 9.80. The van der Waals surface area contributed by atoms with Crippen LogP contribution in [0, 0.1) is 11.8 Å². The topological polar surface area (TPSA) is 103 Å². The van der Waals surface area contributed by atoms with Crippen LogP contribution >= 0.6 is 34.5 Å². The van der Waals surface area contributed by atoms with Crippen LogP contribution in [0.1, 0.15) is 80.2 Å². The van der Waals surface area contributed by atoms with Gasteiger partial charge in [-0.15, -0.1) is 11.3 Å². The number of carbonyl (C=O) groups is 2. The number of amides is 1. The molecule has 2 aliphatic carbocycles. The molecular formula is C33H39Cl2FN2O6S2. The van der Waals surface area contributed by atoms with E-state index < -0.39 is 62.0 Å². The maximum absolute atomic E-state index is 15.2. The number of carbonyl (C=O) groups excluding carboxylic acids is 2. The molecule has 0 N–H and O–H groups in total. The number of benzene rings is 1. The van der Waals surface area contributed by atoms with Gasteiger partial charge in [0.25, 0.3) is 5.91 Å². The molecule has 0 radical (unpaired) electrons. The molecule has 250 valence electrons. The highest BCUT2D eigenvalue weighted by Crippen LogP contribution is 2.49. The minimum atomic E-state index is -3.69. The van der Waals surface area contributed by atoms with Gasteiger partial charge in [0.1, 0.15) is 16.8 Å². The van der Waals surface area contributed by atoms with E-state index in [-0.39, 0.29) is 36.2 Å². The highest BCUT2D eigenvalue weighted by atomic mass is 35.5. The smallest absolute Gasteiger partial charge is 0.349 e. The number of hydrogen-bond acceptors (Lipinski definition) is 8. The van der Waals surface area contributed by atoms with E-state index in [4.69, 9.17) is 32.7 Å². The van der Waals surface area contributed by atoms with Crippen LogP contribution in [0.15, 0.2) is 53.5 Å². The molecule has 1 aromatic heterocycles. The fraction of sp³-hybridized carbons (Fsp3) is 0.545. The SMILES string of the molecule is CCOC(=O)c1cnc(C[C@@]2(C)O[C@H](c3cccc(Cl)c3)C(C3C=CC(Cl)=C(F)C3)N(C(CS(=O)(=O)C(C)(C)C)C3CC3)C2=O)s1. The van der Waals surface area contributed by atoms with Crippen LogP contribution in [-0.2, 0) is 30.5 Å². The Balaban J connectivity index is 1.65. The van der Waals surface area contributed by atoms with Gasteiger partial charge in [-0.25, -0.2) is 22.6 Å². The fourth-order valence-electron chi connectivity index (χ4n) is 6.11. The van der Waals surface area contributed by atoms with Crippen molar-refractivity contribution in [2.45, 2.75) is 88.8 Å². The Labute approximate surface area is 283 Å². The first-order chi connectivity index (χ1) is 21.5. The maximum atomic E-state index is 15.2. The minimum absolute atomic E-state index is 0.00905. The zero-order valence-electron chi connectivity index (χ0n) is 26.5. The molecule has 2 fully saturated rings. The summed E-state index contributed by atoms with van der Waals surface area (Å²) in [6.07, 6.45) is 5.31. The van der Waals surface area contributed by atoms with E-state index in [2.05, 4.69) is 4.98 Å². The van der Waals surface area contributed by atoms with Gasteiger partial charge >= 0.3 is 5.97 Å². The van der Waals surface area contributed by atoms with Crippen LogP contribution in [0.5, 0.6) is 0 Å². The van der Waals surface area contributed by atoms with Gasteiger partial charge in [-0.2, -0.15) is 0 Å². The van der Waals surface area contributed by atoms with Gasteiger partial charge in [0.05, 0.1) is 39.4 Å². The van der Waals surface area contributed by atoms with E-state index >= 15 is 4.39 Å². The van der Waals surface area contributed by atoms with Crippen molar-refractivity contribution in [3.63, 3.8) is 0 Å². The second kappa shape index (κ2) is 13.3. The standard InChI is InChI=1S/C33H39Cl2FN2O6S2/c1-6-43-30(39)26-17-37-27(45-26)16-33(5)31(40)38(25(19-10-11-19)18-46(41,42)32(2,3)4)28(20-12-13-23(35)24(36)15-20)29(44-33)21-8-7-9-22(34)14-21/h7-9,12-14,17,19-20,25,28-29H,6,10-11,15-16,18H2,1-5H3/t20?,25?,28?,29-,33-/m1/s1. The van der Waals surface area contributed by atoms with Crippen molar-refractivity contribution in [3.05, 3.63) is 73.9 Å². The Morgan fingerprint density at radius 1 is 1.28 bits per heavy atom. The van der Waals surface area contributed by atoms with E-state index in [1.807, 2.05) is 6.07 Å². The lowest BCUT2D eigenvalue weighted by molar-refractivity contribution is -0.205. The van der Waals surface area contributed by atoms with Crippen LogP contribution in [0.4, 0.5) is 4.39 Å². The number of morpholine rings is 1. The van der Waals surface area contributed by atoms with E-state index in [1.54, 1.807) is 63.8 Å². The van der Waals surface area contributed by atoms with Crippen LogP contribution in [0.2, 0.25) is 5.02 Å². The Hall–Kier alpha value is -2.31. The summed E-state index contributed by atoms with van der Waals surface area (Å²) >= 11 is 13.7. The lowest BCUT2D eigenvalue weighted by Gasteiger charge is -2.54. The summed E-state index contributed by atoms with van der Waals surface area (Å²) in [5, 5.41) is 0.919. The van der Waals surface area contributed by atoms with Crippen LogP contribution in [-0.4, -0.2) is 65.0 Å². The van der Waals surface area contributed by atoms with Gasteiger partial charge in [-0.1, -0.05) is 41.4 Å². The van der Waals surface area contributed by atoms with Crippen molar-refractivity contribution < 1.29 is 31.9 Å². The number of thiazole rings is 1. The Kier molecular flexibility index (Phi) is 10.1. The van der Waals surface area contributed by atoms with Gasteiger partial charge in [-0.05, 0) is 77.2 Å². The van der Waals surface area contributed by atoms with Crippen molar-refractivity contribution in [1.82, 2.24) is 9.88 Å². The number of allylic oxidation sites excluding steroid dienone is 3. The highest BCUT2D eigenvalue weighted by Gasteiger charge is 2.57. The molecule has 2 heterocycles. The van der Waals surface area contributed by atoms with Crippen molar-refractivity contribution in [3.8, 4) is 0 Å². The fourth-order valence-corrected chi connectivity index (χ4v) is 8.79. The van der Waals surface area contributed by atoms with Gasteiger partial charge in [0, 0.05) is 29.8 Å². The molecule has 2 aromatic rings. The molecule has 5 rings (SSSR count). The Morgan fingerprint density at radius 3 is 2.61 bits per heavy atom. The zero-order valence-corrected chi connectivity index (χ0v) is 29.6. The molecular weight excluding hydrogens is 674 g/mol. The van der Waals surface area contributed by atoms with Gasteiger partial charge in [0.2, 0.25) is 0 Å². The first-order valence-electron chi connectivity index (χ1n) is 15.4. The predicted molar refractivity (Wildman–Crippen MR) is 177 cm³/mol. The monoisotopic (exact) mass is 712 g/mol. The third-order valence-corrected chi connectivity index (χ3v) is 13.0. The van der Waals surface area contributed by atoms with E-state index in [0.717, 1.165) is 24.2 Å². The summed E-state index contributed by atoms with van der Waals surface area (Å²) in [5.74, 6) is -2.32. The maximum Gasteiger partial charge on any atom is 0.349 e. The summed E-state index contributed by atoms with van der Waals surface area (Å²) in [4.78, 5) is 33.7. The van der Waals surface area contributed by atoms with Crippen LogP contribution in [0.25, 0.3) is 0 Å². The van der Waals surface area contributed by atoms with E-state index in [9.17, 15) is 18.0 Å². The van der Waals surface area contributed by atoms with Crippen molar-refractivity contribution in [2.75, 3.05) is 12.4 Å². The molecule has 1 saturated carbocycles. The van der Waals surface area contributed by atoms with E-state index in [0.29, 0.717) is 20.5 Å². The van der Waals surface area contributed by atoms with Gasteiger partial charge in [0.15, 0.2) is 15.4 Å². The highest BCUT2D eigenvalue weighted by molar-refractivity contribution is 7.92. The number of rotatable bonds is 10. The number of ether oxygens (including phenoxy) is 2. The summed E-state index contributed by atoms with van der Waals surface area (Å²) in [7, 11) is -3.69. The summed E-state index contributed by atoms with van der Waals surface area (Å²) in [6, 6.07) is 5.63. The molecule has 5 atom stereocenters. The van der Waals surface area contributed by atoms with Gasteiger partial charge in [-0.3, -0.25) is 4.79 Å². The second-order valence-electron chi connectivity index (χ2n) is 13.3. The van der Waals surface area contributed by atoms with Crippen molar-refractivity contribution >= 4 is 56.3 Å². The Bertz CT molecular complexity index is 1670. The third-order valence-electron chi connectivity index (χ3n) is 8.85. The van der Waals surface area contributed by atoms with Crippen LogP contribution < -0.4 is 0 Å². The normalized spacial score (nSPS) is 26.4. The number of nitrogens with zero attached hydrogens (tertiary/aromatic N) is 2. The molecule has 1 aromatic carbocycles. The number of esters is 1. The molecule has 1 saturated heterocycles. The van der Waals surface area contributed by atoms with Gasteiger partial charge < -0.3 is 14.4 Å². The molecule has 8 nitrogen and oxygen atoms in total. The summed E-state index contributed by atoms with van der Waals surface area (Å²) in [5.41, 5.74) is -0.855. The molecule has 1 amide bonds. The molecule has 0 spiro atoms. The first kappa shape index (κ1) is 35.0. The minimum Gasteiger partial charge on any atom is -0.462 e. The van der Waals surface area contributed by atoms with Crippen LogP contribution in [0.3, 0.4) is 0 Å². The number of aromatic nitrogens is 1. The Morgan fingerprint density at radius 2 is 2.00 bits per heavy atom. The molecule has 0 bridgehead atoms. The summed E-state index contributed by atoms with van der Waals surface area (Å²) in [6.45, 7) is 8.54. The van der Waals surface area contributed by atoms with Crippen molar-refractivity contribution in [1.29, 1.82) is 0 Å². The average molecular weight is 714 g/mol. The molecule has 13 heteroatoms. The van der Waals surface area contributed by atoms with E-state index in [1.165, 1.54) is 12.3 Å². The number of hydrogen-bond donors (Lipinski definition) is 0. The lowest BCUT2D eigenvalue weighted by Crippen LogP contribution is -2.67. The number of sulfone groups is 1. The largest absolute Gasteiger partial charge is 0.462 e. The molecule has 3 aliphatic rings. The molecule has 1 aliphatic heterocycles. The third kappa shape index (κ3) is 7.23. The molecule has 3 unspecified atom stereocenters. The predicted octanol–water partition coefficient (Wildman–Crippen LogP) is 7.23. The van der Waals surface area contributed by atoms with Crippen molar-refractivity contribution in [2.24, 2.45) is 11.8 Å². The zero-order chi connectivity index (χ0) is 33.6. The molecule has 46 heavy (non-hydrogen) atoms. The average Bonchev–Trinajstić information content (AvgIpc) is 3.72. The first-order valence-corrected chi connectivity index (χ1v) is 18.6. The quantitative estimate of drug-likeness (QED) is 0.240.